The molecule has 1 heteroatoms. The number of likely N-dealkylation sites (tertiary alicyclic amines) is 1. The van der Waals surface area contributed by atoms with E-state index < -0.39 is 0 Å². The molecule has 0 saturated carbocycles. The molecule has 1 saturated heterocycles. The molecule has 0 aliphatic carbocycles. The third-order valence-electron chi connectivity index (χ3n) is 4.77. The van der Waals surface area contributed by atoms with Crippen molar-refractivity contribution in [2.24, 2.45) is 0 Å². The molecule has 108 valence electrons. The average Bonchev–Trinajstić information content (AvgIpc) is 2.25. The van der Waals surface area contributed by atoms with E-state index in [1.165, 1.54) is 64.3 Å². The molecule has 0 bridgehead atoms. The highest BCUT2D eigenvalue weighted by molar-refractivity contribution is 4.96. The molecule has 1 rings (SSSR count). The summed E-state index contributed by atoms with van der Waals surface area (Å²) in [5.74, 6) is 0. The normalized spacial score (nSPS) is 23.2. The first-order chi connectivity index (χ1) is 8.40. The third kappa shape index (κ3) is 4.57. The highest BCUT2D eigenvalue weighted by Crippen LogP contribution is 2.38. The van der Waals surface area contributed by atoms with Gasteiger partial charge in [0, 0.05) is 11.1 Å². The summed E-state index contributed by atoms with van der Waals surface area (Å²) in [7, 11) is 0. The van der Waals surface area contributed by atoms with E-state index in [9.17, 15) is 0 Å². The molecular weight excluding hydrogens is 218 g/mol. The Bertz CT molecular complexity index is 214. The van der Waals surface area contributed by atoms with E-state index in [1.807, 2.05) is 0 Å². The molecule has 0 aromatic rings. The van der Waals surface area contributed by atoms with Gasteiger partial charge in [-0.25, -0.2) is 0 Å². The summed E-state index contributed by atoms with van der Waals surface area (Å²) >= 11 is 0. The van der Waals surface area contributed by atoms with E-state index in [4.69, 9.17) is 0 Å². The van der Waals surface area contributed by atoms with Gasteiger partial charge in [0.2, 0.25) is 0 Å². The fourth-order valence-corrected chi connectivity index (χ4v) is 3.70. The van der Waals surface area contributed by atoms with Gasteiger partial charge in [-0.05, 0) is 59.9 Å². The van der Waals surface area contributed by atoms with Gasteiger partial charge in [-0.3, -0.25) is 4.90 Å². The van der Waals surface area contributed by atoms with Crippen molar-refractivity contribution in [3.63, 3.8) is 0 Å². The summed E-state index contributed by atoms with van der Waals surface area (Å²) in [4.78, 5) is 2.78. The van der Waals surface area contributed by atoms with Crippen LogP contribution < -0.4 is 0 Å². The van der Waals surface area contributed by atoms with Crippen LogP contribution in [0.25, 0.3) is 0 Å². The molecule has 0 aromatic carbocycles. The van der Waals surface area contributed by atoms with E-state index in [-0.39, 0.29) is 0 Å². The van der Waals surface area contributed by atoms with E-state index in [0.29, 0.717) is 11.1 Å². The smallest absolute Gasteiger partial charge is 0.0158 e. The molecular formula is C17H35N. The molecule has 0 N–H and O–H groups in total. The quantitative estimate of drug-likeness (QED) is 0.550. The second-order valence-corrected chi connectivity index (χ2v) is 7.40. The van der Waals surface area contributed by atoms with E-state index in [1.54, 1.807) is 0 Å². The third-order valence-corrected chi connectivity index (χ3v) is 4.77. The van der Waals surface area contributed by atoms with Gasteiger partial charge < -0.3 is 0 Å². The standard InChI is InChI=1S/C17H35N/c1-6-7-8-9-10-11-15-18-16(2,3)13-12-14-17(18,4)5/h6-15H2,1-5H3. The Hall–Kier alpha value is -0.0400. The maximum atomic E-state index is 2.78. The van der Waals surface area contributed by atoms with Gasteiger partial charge in [0.1, 0.15) is 0 Å². The van der Waals surface area contributed by atoms with Gasteiger partial charge in [-0.1, -0.05) is 39.0 Å². The summed E-state index contributed by atoms with van der Waals surface area (Å²) in [6, 6.07) is 0. The van der Waals surface area contributed by atoms with Crippen molar-refractivity contribution in [2.45, 2.75) is 103 Å². The maximum Gasteiger partial charge on any atom is 0.0158 e. The first-order valence-electron chi connectivity index (χ1n) is 8.18. The Morgan fingerprint density at radius 3 is 1.83 bits per heavy atom. The monoisotopic (exact) mass is 253 g/mol. The molecule has 1 heterocycles. The van der Waals surface area contributed by atoms with E-state index >= 15 is 0 Å². The van der Waals surface area contributed by atoms with Crippen molar-refractivity contribution in [3.05, 3.63) is 0 Å². The fraction of sp³-hybridized carbons (Fsp3) is 1.00. The van der Waals surface area contributed by atoms with Gasteiger partial charge in [0.25, 0.3) is 0 Å². The van der Waals surface area contributed by atoms with Gasteiger partial charge in [-0.15, -0.1) is 0 Å². The van der Waals surface area contributed by atoms with Crippen LogP contribution in [-0.2, 0) is 0 Å². The van der Waals surface area contributed by atoms with Crippen LogP contribution >= 0.6 is 0 Å². The molecule has 1 aliphatic heterocycles. The molecule has 1 aliphatic rings. The van der Waals surface area contributed by atoms with Crippen LogP contribution in [-0.4, -0.2) is 22.5 Å². The van der Waals surface area contributed by atoms with Crippen molar-refractivity contribution in [2.75, 3.05) is 6.54 Å². The first-order valence-corrected chi connectivity index (χ1v) is 8.18. The number of hydrogen-bond donors (Lipinski definition) is 0. The largest absolute Gasteiger partial charge is 0.293 e. The fourth-order valence-electron chi connectivity index (χ4n) is 3.70. The number of unbranched alkanes of at least 4 members (excludes halogenated alkanes) is 5. The van der Waals surface area contributed by atoms with Crippen LogP contribution in [0.3, 0.4) is 0 Å². The predicted octanol–water partition coefficient (Wildman–Crippen LogP) is 5.39. The van der Waals surface area contributed by atoms with Crippen LogP contribution in [0.4, 0.5) is 0 Å². The Labute approximate surface area is 115 Å². The van der Waals surface area contributed by atoms with Crippen LogP contribution in [0.1, 0.15) is 92.4 Å². The van der Waals surface area contributed by atoms with Crippen molar-refractivity contribution < 1.29 is 0 Å². The first kappa shape index (κ1) is 16.0. The molecule has 0 aromatic heterocycles. The molecule has 0 unspecified atom stereocenters. The van der Waals surface area contributed by atoms with Gasteiger partial charge >= 0.3 is 0 Å². The minimum absolute atomic E-state index is 0.408. The van der Waals surface area contributed by atoms with Gasteiger partial charge in [0.05, 0.1) is 0 Å². The Morgan fingerprint density at radius 1 is 0.778 bits per heavy atom. The number of hydrogen-bond acceptors (Lipinski definition) is 1. The van der Waals surface area contributed by atoms with Crippen LogP contribution in [0.15, 0.2) is 0 Å². The zero-order valence-corrected chi connectivity index (χ0v) is 13.5. The second-order valence-electron chi connectivity index (χ2n) is 7.40. The molecule has 0 amide bonds. The zero-order chi connectivity index (χ0) is 13.6. The van der Waals surface area contributed by atoms with Crippen LogP contribution in [0, 0.1) is 0 Å². The van der Waals surface area contributed by atoms with E-state index in [0.717, 1.165) is 0 Å². The lowest BCUT2D eigenvalue weighted by molar-refractivity contribution is -0.0276. The SMILES string of the molecule is CCCCCCCCN1C(C)(C)CCCC1(C)C. The van der Waals surface area contributed by atoms with Gasteiger partial charge in [0.15, 0.2) is 0 Å². The molecule has 0 spiro atoms. The minimum Gasteiger partial charge on any atom is -0.293 e. The number of nitrogens with zero attached hydrogens (tertiary/aromatic N) is 1. The lowest BCUT2D eigenvalue weighted by atomic mass is 9.79. The molecule has 0 radical (unpaired) electrons. The zero-order valence-electron chi connectivity index (χ0n) is 13.5. The summed E-state index contributed by atoms with van der Waals surface area (Å²) in [6.07, 6.45) is 12.6. The average molecular weight is 253 g/mol. The molecule has 1 nitrogen and oxygen atoms in total. The van der Waals surface area contributed by atoms with Crippen molar-refractivity contribution in [3.8, 4) is 0 Å². The maximum absolute atomic E-state index is 2.78. The molecule has 1 fully saturated rings. The van der Waals surface area contributed by atoms with Crippen LogP contribution in [0.2, 0.25) is 0 Å². The Morgan fingerprint density at radius 2 is 1.28 bits per heavy atom. The predicted molar refractivity (Wildman–Crippen MR) is 82.1 cm³/mol. The number of rotatable bonds is 7. The molecule has 18 heavy (non-hydrogen) atoms. The summed E-state index contributed by atoms with van der Waals surface area (Å²) < 4.78 is 0. The van der Waals surface area contributed by atoms with Crippen LogP contribution in [0.5, 0.6) is 0 Å². The summed E-state index contributed by atoms with van der Waals surface area (Å²) in [6.45, 7) is 13.3. The minimum atomic E-state index is 0.408. The second kappa shape index (κ2) is 6.93. The Kier molecular flexibility index (Phi) is 6.17. The Balaban J connectivity index is 2.33. The summed E-state index contributed by atoms with van der Waals surface area (Å²) in [5, 5.41) is 0. The highest BCUT2D eigenvalue weighted by Gasteiger charge is 2.40. The van der Waals surface area contributed by atoms with Crippen molar-refractivity contribution in [1.82, 2.24) is 4.90 Å². The van der Waals surface area contributed by atoms with Crippen molar-refractivity contribution >= 4 is 0 Å². The van der Waals surface area contributed by atoms with Gasteiger partial charge in [-0.2, -0.15) is 0 Å². The molecule has 0 atom stereocenters. The topological polar surface area (TPSA) is 3.24 Å². The highest BCUT2D eigenvalue weighted by atomic mass is 15.3. The lowest BCUT2D eigenvalue weighted by Gasteiger charge is -2.53. The summed E-state index contributed by atoms with van der Waals surface area (Å²) in [5.41, 5.74) is 0.816. The van der Waals surface area contributed by atoms with E-state index in [2.05, 4.69) is 39.5 Å². The lowest BCUT2D eigenvalue weighted by Crippen LogP contribution is -2.58. The number of piperidine rings is 1. The van der Waals surface area contributed by atoms with Crippen molar-refractivity contribution in [1.29, 1.82) is 0 Å².